The molecule has 1 aliphatic heterocycles. The molecule has 0 aliphatic carbocycles. The van der Waals surface area contributed by atoms with Crippen LogP contribution in [0.15, 0.2) is 12.1 Å². The van der Waals surface area contributed by atoms with Crippen molar-refractivity contribution < 1.29 is 14.6 Å². The zero-order valence-corrected chi connectivity index (χ0v) is 10.2. The number of hydrogen-bond donors (Lipinski definition) is 1. The van der Waals surface area contributed by atoms with Gasteiger partial charge in [0.2, 0.25) is 0 Å². The molecule has 2 unspecified atom stereocenters. The fourth-order valence-electron chi connectivity index (χ4n) is 2.02. The Bertz CT molecular complexity index is 390. The van der Waals surface area contributed by atoms with Crippen molar-refractivity contribution in [2.45, 2.75) is 25.5 Å². The van der Waals surface area contributed by atoms with E-state index in [0.717, 1.165) is 18.0 Å². The Morgan fingerprint density at radius 2 is 2.38 bits per heavy atom. The molecule has 1 aromatic rings. The Labute approximate surface area is 98.4 Å². The molecule has 16 heavy (non-hydrogen) atoms. The van der Waals surface area contributed by atoms with Gasteiger partial charge < -0.3 is 14.7 Å². The summed E-state index contributed by atoms with van der Waals surface area (Å²) in [5, 5.41) is 9.85. The zero-order chi connectivity index (χ0) is 11.7. The minimum atomic E-state index is -0.861. The smallest absolute Gasteiger partial charge is 0.345 e. The SMILES string of the molecule is CC1OCCC1N(C)c1ccc(C(=O)O)s1. The largest absolute Gasteiger partial charge is 0.477 e. The number of nitrogens with zero attached hydrogens (tertiary/aromatic N) is 1. The molecule has 0 spiro atoms. The second-order valence-corrected chi connectivity index (χ2v) is 5.05. The molecule has 1 saturated heterocycles. The van der Waals surface area contributed by atoms with E-state index >= 15 is 0 Å². The van der Waals surface area contributed by atoms with Crippen LogP contribution in [0.4, 0.5) is 5.00 Å². The van der Waals surface area contributed by atoms with Crippen LogP contribution in [0.2, 0.25) is 0 Å². The van der Waals surface area contributed by atoms with E-state index in [-0.39, 0.29) is 6.10 Å². The molecule has 1 N–H and O–H groups in total. The van der Waals surface area contributed by atoms with Crippen molar-refractivity contribution in [2.75, 3.05) is 18.6 Å². The van der Waals surface area contributed by atoms with E-state index in [1.54, 1.807) is 6.07 Å². The second kappa shape index (κ2) is 4.43. The summed E-state index contributed by atoms with van der Waals surface area (Å²) in [6.07, 6.45) is 1.21. The number of aromatic carboxylic acids is 1. The number of carboxylic acid groups (broad SMARTS) is 1. The van der Waals surface area contributed by atoms with Crippen LogP contribution in [-0.4, -0.2) is 36.9 Å². The van der Waals surface area contributed by atoms with Crippen LogP contribution in [-0.2, 0) is 4.74 Å². The van der Waals surface area contributed by atoms with Gasteiger partial charge in [0.25, 0.3) is 0 Å². The van der Waals surface area contributed by atoms with Crippen molar-refractivity contribution in [3.63, 3.8) is 0 Å². The second-order valence-electron chi connectivity index (χ2n) is 3.99. The monoisotopic (exact) mass is 241 g/mol. The zero-order valence-electron chi connectivity index (χ0n) is 9.34. The molecule has 2 rings (SSSR count). The number of thiophene rings is 1. The molecule has 2 heterocycles. The van der Waals surface area contributed by atoms with Gasteiger partial charge >= 0.3 is 5.97 Å². The Morgan fingerprint density at radius 1 is 1.62 bits per heavy atom. The van der Waals surface area contributed by atoms with Crippen LogP contribution < -0.4 is 4.90 Å². The third-order valence-corrected chi connectivity index (χ3v) is 4.15. The molecular weight excluding hydrogens is 226 g/mol. The summed E-state index contributed by atoms with van der Waals surface area (Å²) >= 11 is 1.31. The molecule has 5 heteroatoms. The number of carbonyl (C=O) groups is 1. The van der Waals surface area contributed by atoms with Crippen molar-refractivity contribution >= 4 is 22.3 Å². The highest BCUT2D eigenvalue weighted by molar-refractivity contribution is 7.17. The van der Waals surface area contributed by atoms with E-state index in [9.17, 15) is 4.79 Å². The maximum absolute atomic E-state index is 10.8. The number of rotatable bonds is 3. The summed E-state index contributed by atoms with van der Waals surface area (Å²) < 4.78 is 5.51. The highest BCUT2D eigenvalue weighted by Gasteiger charge is 2.28. The molecule has 2 atom stereocenters. The lowest BCUT2D eigenvalue weighted by Crippen LogP contribution is -2.36. The lowest BCUT2D eigenvalue weighted by atomic mass is 10.1. The fourth-order valence-corrected chi connectivity index (χ4v) is 2.89. The number of ether oxygens (including phenoxy) is 1. The first-order chi connectivity index (χ1) is 7.59. The van der Waals surface area contributed by atoms with Gasteiger partial charge in [-0.25, -0.2) is 4.79 Å². The quantitative estimate of drug-likeness (QED) is 0.880. The van der Waals surface area contributed by atoms with Crippen molar-refractivity contribution in [3.05, 3.63) is 17.0 Å². The van der Waals surface area contributed by atoms with Crippen LogP contribution in [0.3, 0.4) is 0 Å². The van der Waals surface area contributed by atoms with E-state index < -0.39 is 5.97 Å². The van der Waals surface area contributed by atoms with Gasteiger partial charge in [-0.05, 0) is 25.5 Å². The molecule has 0 bridgehead atoms. The first-order valence-electron chi connectivity index (χ1n) is 5.27. The first kappa shape index (κ1) is 11.4. The van der Waals surface area contributed by atoms with E-state index in [1.165, 1.54) is 11.3 Å². The predicted octanol–water partition coefficient (Wildman–Crippen LogP) is 2.06. The Kier molecular flexibility index (Phi) is 3.16. The first-order valence-corrected chi connectivity index (χ1v) is 6.09. The van der Waals surface area contributed by atoms with Crippen LogP contribution in [0.1, 0.15) is 23.0 Å². The number of anilines is 1. The summed E-state index contributed by atoms with van der Waals surface area (Å²) in [4.78, 5) is 13.3. The van der Waals surface area contributed by atoms with Gasteiger partial charge in [-0.15, -0.1) is 11.3 Å². The average Bonchev–Trinajstić information content (AvgIpc) is 2.84. The van der Waals surface area contributed by atoms with Gasteiger partial charge in [0, 0.05) is 13.7 Å². The van der Waals surface area contributed by atoms with Crippen LogP contribution in [0, 0.1) is 0 Å². The average molecular weight is 241 g/mol. The topological polar surface area (TPSA) is 49.8 Å². The third kappa shape index (κ3) is 2.05. The molecule has 0 aromatic carbocycles. The van der Waals surface area contributed by atoms with Gasteiger partial charge in [-0.1, -0.05) is 0 Å². The standard InChI is InChI=1S/C11H15NO3S/c1-7-8(5-6-15-7)12(2)10-4-3-9(16-10)11(13)14/h3-4,7-8H,5-6H2,1-2H3,(H,13,14). The number of carboxylic acids is 1. The van der Waals surface area contributed by atoms with Gasteiger partial charge in [-0.3, -0.25) is 0 Å². The van der Waals surface area contributed by atoms with Crippen LogP contribution >= 0.6 is 11.3 Å². The van der Waals surface area contributed by atoms with Crippen molar-refractivity contribution in [1.82, 2.24) is 0 Å². The molecule has 1 fully saturated rings. The summed E-state index contributed by atoms with van der Waals surface area (Å²) in [5.74, 6) is -0.861. The lowest BCUT2D eigenvalue weighted by Gasteiger charge is -2.27. The molecule has 0 radical (unpaired) electrons. The highest BCUT2D eigenvalue weighted by atomic mass is 32.1. The predicted molar refractivity (Wildman–Crippen MR) is 63.5 cm³/mol. The number of likely N-dealkylation sites (N-methyl/N-ethyl adjacent to an activating group) is 1. The van der Waals surface area contributed by atoms with E-state index in [0.29, 0.717) is 10.9 Å². The minimum absolute atomic E-state index is 0.209. The lowest BCUT2D eigenvalue weighted by molar-refractivity contribution is 0.0702. The van der Waals surface area contributed by atoms with Gasteiger partial charge in [0.15, 0.2) is 0 Å². The summed E-state index contributed by atoms with van der Waals surface area (Å²) in [7, 11) is 1.99. The fraction of sp³-hybridized carbons (Fsp3) is 0.545. The Hall–Kier alpha value is -1.07. The molecule has 1 aliphatic rings. The van der Waals surface area contributed by atoms with Gasteiger partial charge in [0.05, 0.1) is 17.1 Å². The Morgan fingerprint density at radius 3 is 2.88 bits per heavy atom. The van der Waals surface area contributed by atoms with Crippen molar-refractivity contribution in [3.8, 4) is 0 Å². The molecule has 0 amide bonds. The normalized spacial score (nSPS) is 24.6. The molecular formula is C11H15NO3S. The van der Waals surface area contributed by atoms with Crippen molar-refractivity contribution in [2.24, 2.45) is 0 Å². The summed E-state index contributed by atoms with van der Waals surface area (Å²) in [6, 6.07) is 3.86. The minimum Gasteiger partial charge on any atom is -0.477 e. The van der Waals surface area contributed by atoms with Crippen molar-refractivity contribution in [1.29, 1.82) is 0 Å². The molecule has 4 nitrogen and oxygen atoms in total. The maximum atomic E-state index is 10.8. The molecule has 88 valence electrons. The van der Waals surface area contributed by atoms with E-state index in [1.807, 2.05) is 13.1 Å². The van der Waals surface area contributed by atoms with Crippen LogP contribution in [0.5, 0.6) is 0 Å². The molecule has 1 aromatic heterocycles. The molecule has 0 saturated carbocycles. The van der Waals surface area contributed by atoms with E-state index in [2.05, 4.69) is 11.8 Å². The number of hydrogen-bond acceptors (Lipinski definition) is 4. The highest BCUT2D eigenvalue weighted by Crippen LogP contribution is 2.30. The summed E-state index contributed by atoms with van der Waals surface area (Å²) in [5.41, 5.74) is 0. The van der Waals surface area contributed by atoms with Crippen LogP contribution in [0.25, 0.3) is 0 Å². The maximum Gasteiger partial charge on any atom is 0.345 e. The third-order valence-electron chi connectivity index (χ3n) is 2.98. The summed E-state index contributed by atoms with van der Waals surface area (Å²) in [6.45, 7) is 2.84. The van der Waals surface area contributed by atoms with Gasteiger partial charge in [0.1, 0.15) is 4.88 Å². The van der Waals surface area contributed by atoms with Gasteiger partial charge in [-0.2, -0.15) is 0 Å². The Balaban J connectivity index is 2.13. The van der Waals surface area contributed by atoms with E-state index in [4.69, 9.17) is 9.84 Å².